The second-order valence-corrected chi connectivity index (χ2v) is 4.61. The largest absolute Gasteiger partial charge is 0.497 e. The van der Waals surface area contributed by atoms with Gasteiger partial charge in [-0.25, -0.2) is 0 Å². The fourth-order valence-corrected chi connectivity index (χ4v) is 2.17. The number of methoxy groups -OCH3 is 1. The van der Waals surface area contributed by atoms with Gasteiger partial charge in [0.15, 0.2) is 0 Å². The quantitative estimate of drug-likeness (QED) is 0.749. The third kappa shape index (κ3) is 2.69. The molecule has 1 aromatic heterocycles. The molecule has 0 aliphatic heterocycles. The van der Waals surface area contributed by atoms with E-state index in [0.717, 1.165) is 16.7 Å². The number of nitrogens with zero attached hydrogens (tertiary/aromatic N) is 1. The summed E-state index contributed by atoms with van der Waals surface area (Å²) in [6, 6.07) is 18.8. The Morgan fingerprint density at radius 1 is 1.00 bits per heavy atom. The summed E-state index contributed by atoms with van der Waals surface area (Å²) in [6.45, 7) is 0. The molecular formula is C17H15N2O2+. The number of fused-ring (bicyclic) bond motifs is 1. The summed E-state index contributed by atoms with van der Waals surface area (Å²) in [6.07, 6.45) is 1.82. The lowest BCUT2D eigenvalue weighted by Crippen LogP contribution is -2.48. The van der Waals surface area contributed by atoms with Crippen LogP contribution in [-0.4, -0.2) is 13.0 Å². The molecule has 1 N–H and O–H groups in total. The van der Waals surface area contributed by atoms with E-state index in [-0.39, 0.29) is 5.91 Å². The van der Waals surface area contributed by atoms with E-state index < -0.39 is 0 Å². The van der Waals surface area contributed by atoms with Crippen LogP contribution in [0.3, 0.4) is 0 Å². The van der Waals surface area contributed by atoms with Crippen LogP contribution in [0.5, 0.6) is 5.75 Å². The van der Waals surface area contributed by atoms with Gasteiger partial charge < -0.3 is 4.74 Å². The lowest BCUT2D eigenvalue weighted by atomic mass is 10.2. The molecule has 0 unspecified atom stereocenters. The molecule has 0 radical (unpaired) electrons. The molecule has 0 bridgehead atoms. The summed E-state index contributed by atoms with van der Waals surface area (Å²) in [5, 5.41) is 1.06. The number of ether oxygens (including phenoxy) is 1. The minimum Gasteiger partial charge on any atom is -0.497 e. The summed E-state index contributed by atoms with van der Waals surface area (Å²) < 4.78 is 6.81. The van der Waals surface area contributed by atoms with Crippen LogP contribution in [0.1, 0.15) is 10.4 Å². The van der Waals surface area contributed by atoms with E-state index in [0.29, 0.717) is 5.56 Å². The van der Waals surface area contributed by atoms with Crippen molar-refractivity contribution in [1.29, 1.82) is 0 Å². The third-order valence-corrected chi connectivity index (χ3v) is 3.28. The van der Waals surface area contributed by atoms with Crippen molar-refractivity contribution >= 4 is 16.8 Å². The summed E-state index contributed by atoms with van der Waals surface area (Å²) in [7, 11) is 1.60. The molecule has 4 heteroatoms. The maximum Gasteiger partial charge on any atom is 0.305 e. The molecule has 3 rings (SSSR count). The highest BCUT2D eigenvalue weighted by molar-refractivity contribution is 5.99. The van der Waals surface area contributed by atoms with Gasteiger partial charge in [-0.05, 0) is 36.4 Å². The first-order chi connectivity index (χ1) is 10.3. The smallest absolute Gasteiger partial charge is 0.305 e. The van der Waals surface area contributed by atoms with Crippen LogP contribution in [0.4, 0.5) is 0 Å². The van der Waals surface area contributed by atoms with Gasteiger partial charge in [-0.2, -0.15) is 0 Å². The summed E-state index contributed by atoms with van der Waals surface area (Å²) in [4.78, 5) is 12.3. The first-order valence-electron chi connectivity index (χ1n) is 6.63. The molecule has 21 heavy (non-hydrogen) atoms. The molecule has 0 saturated carbocycles. The average molecular weight is 279 g/mol. The SMILES string of the molecule is COc1ccc(C(=O)N[n+]2cccc3ccccc32)cc1. The molecule has 4 nitrogen and oxygen atoms in total. The Hall–Kier alpha value is -2.88. The lowest BCUT2D eigenvalue weighted by molar-refractivity contribution is -0.614. The zero-order valence-electron chi connectivity index (χ0n) is 11.6. The van der Waals surface area contributed by atoms with E-state index in [1.54, 1.807) is 36.1 Å². The number of amides is 1. The Balaban J connectivity index is 1.89. The van der Waals surface area contributed by atoms with Crippen LogP contribution in [0.15, 0.2) is 66.9 Å². The number of hydrogen-bond acceptors (Lipinski definition) is 2. The highest BCUT2D eigenvalue weighted by Gasteiger charge is 2.13. The van der Waals surface area contributed by atoms with Crippen molar-refractivity contribution in [2.45, 2.75) is 0 Å². The lowest BCUT2D eigenvalue weighted by Gasteiger charge is -2.03. The molecule has 0 aliphatic rings. The second-order valence-electron chi connectivity index (χ2n) is 4.61. The molecule has 0 saturated heterocycles. The van der Waals surface area contributed by atoms with Gasteiger partial charge in [-0.15, -0.1) is 5.43 Å². The molecule has 0 fully saturated rings. The number of carbonyl (C=O) groups is 1. The van der Waals surface area contributed by atoms with E-state index in [4.69, 9.17) is 4.74 Å². The van der Waals surface area contributed by atoms with Crippen LogP contribution in [0.25, 0.3) is 10.9 Å². The normalized spacial score (nSPS) is 10.3. The highest BCUT2D eigenvalue weighted by atomic mass is 16.5. The Labute approximate surface area is 122 Å². The Morgan fingerprint density at radius 3 is 2.48 bits per heavy atom. The van der Waals surface area contributed by atoms with Gasteiger partial charge in [0.05, 0.1) is 7.11 Å². The fraction of sp³-hybridized carbons (Fsp3) is 0.0588. The molecule has 0 atom stereocenters. The molecule has 1 amide bonds. The maximum absolute atomic E-state index is 12.3. The van der Waals surface area contributed by atoms with Crippen LogP contribution < -0.4 is 14.8 Å². The van der Waals surface area contributed by atoms with Crippen molar-refractivity contribution in [3.05, 3.63) is 72.4 Å². The summed E-state index contributed by atoms with van der Waals surface area (Å²) in [5.41, 5.74) is 4.40. The maximum atomic E-state index is 12.3. The number of rotatable bonds is 3. The van der Waals surface area contributed by atoms with Gasteiger partial charge in [0.2, 0.25) is 11.7 Å². The van der Waals surface area contributed by atoms with Gasteiger partial charge in [-0.1, -0.05) is 16.8 Å². The van der Waals surface area contributed by atoms with Crippen molar-refractivity contribution in [3.63, 3.8) is 0 Å². The molecular weight excluding hydrogens is 264 g/mol. The zero-order valence-corrected chi connectivity index (χ0v) is 11.6. The first-order valence-corrected chi connectivity index (χ1v) is 6.63. The topological polar surface area (TPSA) is 42.2 Å². The van der Waals surface area contributed by atoms with E-state index in [2.05, 4.69) is 5.43 Å². The first kappa shape index (κ1) is 13.1. The monoisotopic (exact) mass is 279 g/mol. The number of pyridine rings is 1. The molecule has 1 heterocycles. The fourth-order valence-electron chi connectivity index (χ4n) is 2.17. The molecule has 2 aromatic carbocycles. The third-order valence-electron chi connectivity index (χ3n) is 3.28. The zero-order chi connectivity index (χ0) is 14.7. The number of carbonyl (C=O) groups excluding carboxylic acids is 1. The summed E-state index contributed by atoms with van der Waals surface area (Å²) in [5.74, 6) is 0.559. The van der Waals surface area contributed by atoms with Crippen LogP contribution in [0, 0.1) is 0 Å². The van der Waals surface area contributed by atoms with Gasteiger partial charge >= 0.3 is 5.91 Å². The Morgan fingerprint density at radius 2 is 1.71 bits per heavy atom. The van der Waals surface area contributed by atoms with Gasteiger partial charge in [0.25, 0.3) is 0 Å². The van der Waals surface area contributed by atoms with Crippen molar-refractivity contribution in [2.75, 3.05) is 12.5 Å². The predicted molar refractivity (Wildman–Crippen MR) is 80.8 cm³/mol. The number of nitrogens with one attached hydrogen (secondary N) is 1. The van der Waals surface area contributed by atoms with E-state index in [1.165, 1.54) is 0 Å². The van der Waals surface area contributed by atoms with Gasteiger partial charge in [0, 0.05) is 23.1 Å². The number of benzene rings is 2. The Kier molecular flexibility index (Phi) is 3.51. The van der Waals surface area contributed by atoms with Crippen molar-refractivity contribution in [3.8, 4) is 5.75 Å². The van der Waals surface area contributed by atoms with E-state index >= 15 is 0 Å². The molecule has 0 aliphatic carbocycles. The predicted octanol–water partition coefficient (Wildman–Crippen LogP) is 2.52. The standard InChI is InChI=1S/C17H14N2O2/c1-21-15-10-8-14(9-11-15)17(20)18-19-12-4-6-13-5-2-3-7-16(13)19/h2-12H,1H3/p+1. The summed E-state index contributed by atoms with van der Waals surface area (Å²) >= 11 is 0. The number of hydrogen-bond donors (Lipinski definition) is 1. The van der Waals surface area contributed by atoms with Gasteiger partial charge in [0.1, 0.15) is 5.75 Å². The van der Waals surface area contributed by atoms with Crippen LogP contribution in [-0.2, 0) is 0 Å². The average Bonchev–Trinajstić information content (AvgIpc) is 2.55. The number of aromatic nitrogens is 1. The minimum atomic E-state index is -0.168. The van der Waals surface area contributed by atoms with Crippen molar-refractivity contribution in [1.82, 2.24) is 0 Å². The van der Waals surface area contributed by atoms with Crippen molar-refractivity contribution in [2.24, 2.45) is 0 Å². The van der Waals surface area contributed by atoms with Crippen LogP contribution >= 0.6 is 0 Å². The molecule has 104 valence electrons. The van der Waals surface area contributed by atoms with E-state index in [1.807, 2.05) is 42.6 Å². The highest BCUT2D eigenvalue weighted by Crippen LogP contribution is 2.11. The van der Waals surface area contributed by atoms with Crippen LogP contribution in [0.2, 0.25) is 0 Å². The molecule has 3 aromatic rings. The molecule has 0 spiro atoms. The Bertz CT molecular complexity index is 777. The van der Waals surface area contributed by atoms with Gasteiger partial charge in [-0.3, -0.25) is 4.79 Å². The van der Waals surface area contributed by atoms with Crippen molar-refractivity contribution < 1.29 is 14.2 Å². The van der Waals surface area contributed by atoms with E-state index in [9.17, 15) is 4.79 Å². The minimum absolute atomic E-state index is 0.168. The number of para-hydroxylation sites is 1. The second kappa shape index (κ2) is 5.63.